The Morgan fingerprint density at radius 1 is 1.50 bits per heavy atom. The number of nitrogens with zero attached hydrogens (tertiary/aromatic N) is 1. The van der Waals surface area contributed by atoms with E-state index in [1.54, 1.807) is 12.4 Å². The van der Waals surface area contributed by atoms with Crippen LogP contribution < -0.4 is 0 Å². The second kappa shape index (κ2) is 5.37. The fourth-order valence-corrected chi connectivity index (χ4v) is 0.866. The van der Waals surface area contributed by atoms with Crippen LogP contribution in [0.3, 0.4) is 0 Å². The maximum Gasteiger partial charge on any atom is 0.0428 e. The molecule has 0 aliphatic heterocycles. The smallest absolute Gasteiger partial charge is 0.0428 e. The van der Waals surface area contributed by atoms with E-state index < -0.39 is 0 Å². The van der Waals surface area contributed by atoms with Gasteiger partial charge in [-0.1, -0.05) is 25.2 Å². The summed E-state index contributed by atoms with van der Waals surface area (Å²) in [5.74, 6) is 6.18. The third-order valence-electron chi connectivity index (χ3n) is 1.55. The fourth-order valence-electron chi connectivity index (χ4n) is 0.866. The molecule has 0 fully saturated rings. The zero-order valence-corrected chi connectivity index (χ0v) is 7.38. The van der Waals surface area contributed by atoms with Gasteiger partial charge < -0.3 is 0 Å². The summed E-state index contributed by atoms with van der Waals surface area (Å²) in [7, 11) is 0. The average Bonchev–Trinajstić information content (AvgIpc) is 2.14. The van der Waals surface area contributed by atoms with Crippen LogP contribution in [0.2, 0.25) is 0 Å². The molecule has 0 aliphatic rings. The lowest BCUT2D eigenvalue weighted by molar-refractivity contribution is 0.828. The first-order valence-electron chi connectivity index (χ1n) is 4.32. The number of hydrogen-bond donors (Lipinski definition) is 0. The van der Waals surface area contributed by atoms with Crippen molar-refractivity contribution in [2.75, 3.05) is 0 Å². The van der Waals surface area contributed by atoms with Crippen LogP contribution in [0.5, 0.6) is 0 Å². The van der Waals surface area contributed by atoms with Crippen LogP contribution in [-0.2, 0) is 0 Å². The van der Waals surface area contributed by atoms with E-state index in [-0.39, 0.29) is 0 Å². The van der Waals surface area contributed by atoms with Gasteiger partial charge in [0.15, 0.2) is 0 Å². The molecule has 0 N–H and O–H groups in total. The molecule has 0 saturated carbocycles. The molecule has 62 valence electrons. The van der Waals surface area contributed by atoms with Crippen molar-refractivity contribution in [2.24, 2.45) is 0 Å². The topological polar surface area (TPSA) is 12.9 Å². The van der Waals surface area contributed by atoms with Gasteiger partial charge in [-0.3, -0.25) is 4.98 Å². The normalized spacial score (nSPS) is 8.75. The lowest BCUT2D eigenvalue weighted by Gasteiger charge is -1.86. The molecule has 1 heteroatoms. The van der Waals surface area contributed by atoms with Gasteiger partial charge in [-0.15, -0.1) is 0 Å². The second-order valence-corrected chi connectivity index (χ2v) is 2.65. The first-order chi connectivity index (χ1) is 5.93. The maximum atomic E-state index is 3.98. The van der Waals surface area contributed by atoms with Gasteiger partial charge in [-0.05, 0) is 18.6 Å². The van der Waals surface area contributed by atoms with Crippen molar-refractivity contribution in [3.05, 3.63) is 30.1 Å². The van der Waals surface area contributed by atoms with Crippen molar-refractivity contribution in [1.29, 1.82) is 0 Å². The predicted octanol–water partition coefficient (Wildman–Crippen LogP) is 2.62. The first-order valence-corrected chi connectivity index (χ1v) is 4.32. The van der Waals surface area contributed by atoms with Gasteiger partial charge in [-0.25, -0.2) is 0 Å². The summed E-state index contributed by atoms with van der Waals surface area (Å²) in [6, 6.07) is 3.88. The van der Waals surface area contributed by atoms with Gasteiger partial charge >= 0.3 is 0 Å². The summed E-state index contributed by atoms with van der Waals surface area (Å²) in [6.07, 6.45) is 6.94. The lowest BCUT2D eigenvalue weighted by Crippen LogP contribution is -1.75. The van der Waals surface area contributed by atoms with Crippen LogP contribution >= 0.6 is 0 Å². The second-order valence-electron chi connectivity index (χ2n) is 2.65. The summed E-state index contributed by atoms with van der Waals surface area (Å²) in [4.78, 5) is 3.98. The Balaban J connectivity index is 2.44. The Morgan fingerprint density at radius 3 is 3.08 bits per heavy atom. The molecule has 0 saturated heterocycles. The number of aromatic nitrogens is 1. The third-order valence-corrected chi connectivity index (χ3v) is 1.55. The Bertz CT molecular complexity index is 266. The highest BCUT2D eigenvalue weighted by molar-refractivity contribution is 5.30. The molecular weight excluding hydrogens is 146 g/mol. The van der Waals surface area contributed by atoms with Gasteiger partial charge in [0.05, 0.1) is 0 Å². The molecular formula is C11H13N. The molecule has 1 aromatic heterocycles. The van der Waals surface area contributed by atoms with E-state index in [1.807, 2.05) is 12.1 Å². The highest BCUT2D eigenvalue weighted by Crippen LogP contribution is 1.94. The molecule has 1 aromatic rings. The van der Waals surface area contributed by atoms with Crippen molar-refractivity contribution in [1.82, 2.24) is 4.98 Å². The fraction of sp³-hybridized carbons (Fsp3) is 0.364. The van der Waals surface area contributed by atoms with E-state index >= 15 is 0 Å². The Morgan fingerprint density at radius 2 is 2.42 bits per heavy atom. The molecule has 0 bridgehead atoms. The average molecular weight is 159 g/mol. The third kappa shape index (κ3) is 3.21. The molecule has 0 aromatic carbocycles. The van der Waals surface area contributed by atoms with Crippen LogP contribution in [0, 0.1) is 11.8 Å². The summed E-state index contributed by atoms with van der Waals surface area (Å²) in [6.45, 7) is 2.17. The van der Waals surface area contributed by atoms with Crippen LogP contribution in [-0.4, -0.2) is 4.98 Å². The number of pyridine rings is 1. The van der Waals surface area contributed by atoms with Crippen LogP contribution in [0.1, 0.15) is 31.7 Å². The van der Waals surface area contributed by atoms with E-state index in [2.05, 4.69) is 23.7 Å². The summed E-state index contributed by atoms with van der Waals surface area (Å²) in [5.41, 5.74) is 1.01. The van der Waals surface area contributed by atoms with Crippen LogP contribution in [0.15, 0.2) is 24.5 Å². The van der Waals surface area contributed by atoms with Crippen molar-refractivity contribution in [3.8, 4) is 11.8 Å². The Labute approximate surface area is 73.8 Å². The lowest BCUT2D eigenvalue weighted by atomic mass is 10.2. The molecule has 0 amide bonds. The van der Waals surface area contributed by atoms with Gasteiger partial charge in [0.2, 0.25) is 0 Å². The van der Waals surface area contributed by atoms with Crippen LogP contribution in [0.25, 0.3) is 0 Å². The number of rotatable bonds is 2. The van der Waals surface area contributed by atoms with E-state index in [0.29, 0.717) is 0 Å². The Hall–Kier alpha value is -1.29. The molecule has 1 rings (SSSR count). The molecule has 0 unspecified atom stereocenters. The van der Waals surface area contributed by atoms with Gasteiger partial charge in [-0.2, -0.15) is 0 Å². The number of unbranched alkanes of at least 4 members (excludes halogenated alkanes) is 2. The monoisotopic (exact) mass is 159 g/mol. The zero-order chi connectivity index (χ0) is 8.65. The largest absolute Gasteiger partial charge is 0.263 e. The Kier molecular flexibility index (Phi) is 3.94. The molecule has 1 heterocycles. The quantitative estimate of drug-likeness (QED) is 0.477. The molecule has 0 atom stereocenters. The molecule has 0 radical (unpaired) electrons. The van der Waals surface area contributed by atoms with Gasteiger partial charge in [0.25, 0.3) is 0 Å². The van der Waals surface area contributed by atoms with Crippen molar-refractivity contribution in [3.63, 3.8) is 0 Å². The molecule has 12 heavy (non-hydrogen) atoms. The first kappa shape index (κ1) is 8.80. The molecule has 0 aliphatic carbocycles. The highest BCUT2D eigenvalue weighted by Gasteiger charge is 1.81. The number of hydrogen-bond acceptors (Lipinski definition) is 1. The van der Waals surface area contributed by atoms with E-state index in [0.717, 1.165) is 12.0 Å². The maximum absolute atomic E-state index is 3.98. The minimum atomic E-state index is 0.991. The zero-order valence-electron chi connectivity index (χ0n) is 7.38. The van der Waals surface area contributed by atoms with Gasteiger partial charge in [0.1, 0.15) is 0 Å². The van der Waals surface area contributed by atoms with Crippen molar-refractivity contribution < 1.29 is 0 Å². The minimum Gasteiger partial charge on any atom is -0.263 e. The van der Waals surface area contributed by atoms with E-state index in [1.165, 1.54) is 12.8 Å². The standard InChI is InChI=1S/C11H13N/c1-2-3-4-5-7-11-8-6-9-12-10-11/h6,8-10H,2-4H2,1H3. The van der Waals surface area contributed by atoms with E-state index in [4.69, 9.17) is 0 Å². The van der Waals surface area contributed by atoms with E-state index in [9.17, 15) is 0 Å². The van der Waals surface area contributed by atoms with Gasteiger partial charge in [0, 0.05) is 24.4 Å². The summed E-state index contributed by atoms with van der Waals surface area (Å²) < 4.78 is 0. The summed E-state index contributed by atoms with van der Waals surface area (Å²) >= 11 is 0. The molecule has 0 spiro atoms. The van der Waals surface area contributed by atoms with Crippen molar-refractivity contribution in [2.45, 2.75) is 26.2 Å². The SMILES string of the molecule is CCCCC#Cc1cccnc1. The molecule has 1 nitrogen and oxygen atoms in total. The highest BCUT2D eigenvalue weighted by atomic mass is 14.6. The minimum absolute atomic E-state index is 0.991. The van der Waals surface area contributed by atoms with Crippen LogP contribution in [0.4, 0.5) is 0 Å². The predicted molar refractivity (Wildman–Crippen MR) is 50.6 cm³/mol. The van der Waals surface area contributed by atoms with Crippen molar-refractivity contribution >= 4 is 0 Å². The summed E-state index contributed by atoms with van der Waals surface area (Å²) in [5, 5.41) is 0.